The highest BCUT2D eigenvalue weighted by atomic mass is 16.2. The second-order valence-corrected chi connectivity index (χ2v) is 6.96. The molecular formula is C26H24N2O2. The van der Waals surface area contributed by atoms with E-state index in [1.807, 2.05) is 60.7 Å². The molecule has 0 aliphatic rings. The number of amides is 1. The van der Waals surface area contributed by atoms with E-state index in [0.29, 0.717) is 16.9 Å². The van der Waals surface area contributed by atoms with Crippen molar-refractivity contribution in [1.29, 1.82) is 0 Å². The Bertz CT molecular complexity index is 1060. The number of carbonyl (C=O) groups is 2. The number of aromatic nitrogens is 1. The first-order valence-corrected chi connectivity index (χ1v) is 10.1. The van der Waals surface area contributed by atoms with E-state index < -0.39 is 0 Å². The molecule has 2 aromatic carbocycles. The molecule has 30 heavy (non-hydrogen) atoms. The summed E-state index contributed by atoms with van der Waals surface area (Å²) >= 11 is 0. The standard InChI is InChI=1S/C26H24N2O2/c1-2-6-20-10-13-22(14-11-20)25(29)16-17-26(30)28-24-9-5-7-21(19-24)12-15-23-8-3-4-18-27-23/h3-5,7-11,13-14,18-19H,2,6,16-17H2,1H3,(H,28,30). The fourth-order valence-corrected chi connectivity index (χ4v) is 2.99. The summed E-state index contributed by atoms with van der Waals surface area (Å²) in [5.74, 6) is 5.82. The molecule has 4 nitrogen and oxygen atoms in total. The molecule has 0 fully saturated rings. The third kappa shape index (κ3) is 6.42. The van der Waals surface area contributed by atoms with Crippen LogP contribution in [0.4, 0.5) is 5.69 Å². The van der Waals surface area contributed by atoms with Gasteiger partial charge >= 0.3 is 0 Å². The molecule has 4 heteroatoms. The molecule has 3 aromatic rings. The van der Waals surface area contributed by atoms with E-state index in [9.17, 15) is 9.59 Å². The number of hydrogen-bond acceptors (Lipinski definition) is 3. The summed E-state index contributed by atoms with van der Waals surface area (Å²) in [5.41, 5.74) is 3.99. The number of anilines is 1. The van der Waals surface area contributed by atoms with Gasteiger partial charge in [0.25, 0.3) is 0 Å². The van der Waals surface area contributed by atoms with Gasteiger partial charge < -0.3 is 5.32 Å². The van der Waals surface area contributed by atoms with Gasteiger partial charge in [0, 0.05) is 35.9 Å². The van der Waals surface area contributed by atoms with Crippen molar-refractivity contribution in [3.05, 3.63) is 95.3 Å². The quantitative estimate of drug-likeness (QED) is 0.450. The highest BCUT2D eigenvalue weighted by Crippen LogP contribution is 2.13. The number of rotatable bonds is 7. The SMILES string of the molecule is CCCc1ccc(C(=O)CCC(=O)Nc2cccc(C#Cc3ccccn3)c2)cc1. The number of Topliss-reactive ketones (excluding diaryl/α,β-unsaturated/α-hetero) is 1. The summed E-state index contributed by atoms with van der Waals surface area (Å²) < 4.78 is 0. The van der Waals surface area contributed by atoms with Crippen LogP contribution in [0, 0.1) is 11.8 Å². The van der Waals surface area contributed by atoms with Gasteiger partial charge in [0.2, 0.25) is 5.91 Å². The van der Waals surface area contributed by atoms with E-state index >= 15 is 0 Å². The van der Waals surface area contributed by atoms with Gasteiger partial charge in [-0.05, 0) is 48.2 Å². The third-order valence-corrected chi connectivity index (χ3v) is 4.54. The maximum Gasteiger partial charge on any atom is 0.224 e. The van der Waals surface area contributed by atoms with E-state index in [4.69, 9.17) is 0 Å². The summed E-state index contributed by atoms with van der Waals surface area (Å²) in [6.45, 7) is 2.13. The lowest BCUT2D eigenvalue weighted by Crippen LogP contribution is -2.13. The Morgan fingerprint density at radius 2 is 1.77 bits per heavy atom. The Morgan fingerprint density at radius 1 is 0.933 bits per heavy atom. The Balaban J connectivity index is 1.53. The molecule has 0 aliphatic heterocycles. The minimum Gasteiger partial charge on any atom is -0.326 e. The molecule has 1 amide bonds. The number of aryl methyl sites for hydroxylation is 1. The summed E-state index contributed by atoms with van der Waals surface area (Å²) in [7, 11) is 0. The average Bonchev–Trinajstić information content (AvgIpc) is 2.78. The molecule has 0 atom stereocenters. The van der Waals surface area contributed by atoms with Crippen LogP contribution in [0.1, 0.15) is 53.4 Å². The Hall–Kier alpha value is -3.71. The van der Waals surface area contributed by atoms with Crippen molar-refractivity contribution in [2.45, 2.75) is 32.6 Å². The van der Waals surface area contributed by atoms with Crippen LogP contribution < -0.4 is 5.32 Å². The minimum absolute atomic E-state index is 0.0248. The predicted octanol–water partition coefficient (Wildman–Crippen LogP) is 5.04. The maximum atomic E-state index is 12.3. The number of pyridine rings is 1. The van der Waals surface area contributed by atoms with Crippen molar-refractivity contribution >= 4 is 17.4 Å². The average molecular weight is 396 g/mol. The highest BCUT2D eigenvalue weighted by Gasteiger charge is 2.10. The van der Waals surface area contributed by atoms with Gasteiger partial charge in [-0.3, -0.25) is 9.59 Å². The molecule has 1 N–H and O–H groups in total. The first-order valence-electron chi connectivity index (χ1n) is 10.1. The normalized spacial score (nSPS) is 10.0. The summed E-state index contributed by atoms with van der Waals surface area (Å²) in [5, 5.41) is 2.84. The molecule has 0 saturated carbocycles. The van der Waals surface area contributed by atoms with Crippen LogP contribution in [0.5, 0.6) is 0 Å². The van der Waals surface area contributed by atoms with Crippen LogP contribution >= 0.6 is 0 Å². The molecule has 1 aromatic heterocycles. The molecule has 0 unspecified atom stereocenters. The van der Waals surface area contributed by atoms with Gasteiger partial charge in [-0.1, -0.05) is 55.7 Å². The number of nitrogens with zero attached hydrogens (tertiary/aromatic N) is 1. The lowest BCUT2D eigenvalue weighted by atomic mass is 10.0. The van der Waals surface area contributed by atoms with E-state index in [0.717, 1.165) is 18.4 Å². The Kier molecular flexibility index (Phi) is 7.51. The highest BCUT2D eigenvalue weighted by molar-refractivity contribution is 6.00. The van der Waals surface area contributed by atoms with Crippen LogP contribution in [0.2, 0.25) is 0 Å². The number of ketones is 1. The smallest absolute Gasteiger partial charge is 0.224 e. The van der Waals surface area contributed by atoms with E-state index in [2.05, 4.69) is 29.1 Å². The predicted molar refractivity (Wildman–Crippen MR) is 119 cm³/mol. The number of hydrogen-bond donors (Lipinski definition) is 1. The lowest BCUT2D eigenvalue weighted by Gasteiger charge is -2.06. The largest absolute Gasteiger partial charge is 0.326 e. The van der Waals surface area contributed by atoms with Crippen molar-refractivity contribution < 1.29 is 9.59 Å². The maximum absolute atomic E-state index is 12.3. The number of nitrogens with one attached hydrogen (secondary N) is 1. The lowest BCUT2D eigenvalue weighted by molar-refractivity contribution is -0.116. The molecule has 0 aliphatic carbocycles. The van der Waals surface area contributed by atoms with Crippen molar-refractivity contribution in [2.24, 2.45) is 0 Å². The van der Waals surface area contributed by atoms with E-state index in [1.54, 1.807) is 12.3 Å². The molecule has 150 valence electrons. The van der Waals surface area contributed by atoms with Crippen molar-refractivity contribution in [3.8, 4) is 11.8 Å². The zero-order chi connectivity index (χ0) is 21.2. The molecule has 0 bridgehead atoms. The van der Waals surface area contributed by atoms with Crippen LogP contribution in [0.3, 0.4) is 0 Å². The van der Waals surface area contributed by atoms with Gasteiger partial charge in [0.1, 0.15) is 5.69 Å². The molecular weight excluding hydrogens is 372 g/mol. The second kappa shape index (κ2) is 10.7. The minimum atomic E-state index is -0.194. The van der Waals surface area contributed by atoms with Gasteiger partial charge in [-0.2, -0.15) is 0 Å². The molecule has 3 rings (SSSR count). The van der Waals surface area contributed by atoms with Crippen LogP contribution in [0.15, 0.2) is 72.9 Å². The van der Waals surface area contributed by atoms with Crippen molar-refractivity contribution in [2.75, 3.05) is 5.32 Å². The number of carbonyl (C=O) groups excluding carboxylic acids is 2. The van der Waals surface area contributed by atoms with Crippen molar-refractivity contribution in [3.63, 3.8) is 0 Å². The molecule has 0 spiro atoms. The first-order chi connectivity index (χ1) is 14.6. The van der Waals surface area contributed by atoms with Crippen LogP contribution in [0.25, 0.3) is 0 Å². The topological polar surface area (TPSA) is 59.1 Å². The first kappa shape index (κ1) is 21.0. The van der Waals surface area contributed by atoms with Gasteiger partial charge in [-0.15, -0.1) is 0 Å². The van der Waals surface area contributed by atoms with Gasteiger partial charge in [-0.25, -0.2) is 4.98 Å². The molecule has 0 saturated heterocycles. The van der Waals surface area contributed by atoms with Crippen molar-refractivity contribution in [1.82, 2.24) is 4.98 Å². The van der Waals surface area contributed by atoms with E-state index in [1.165, 1.54) is 5.56 Å². The zero-order valence-corrected chi connectivity index (χ0v) is 17.0. The Labute approximate surface area is 177 Å². The Morgan fingerprint density at radius 3 is 2.50 bits per heavy atom. The second-order valence-electron chi connectivity index (χ2n) is 6.96. The van der Waals surface area contributed by atoms with Crippen LogP contribution in [-0.2, 0) is 11.2 Å². The van der Waals surface area contributed by atoms with Gasteiger partial charge in [0.15, 0.2) is 5.78 Å². The fourth-order valence-electron chi connectivity index (χ4n) is 2.99. The third-order valence-electron chi connectivity index (χ3n) is 4.54. The summed E-state index contributed by atoms with van der Waals surface area (Å²) in [4.78, 5) is 28.8. The summed E-state index contributed by atoms with van der Waals surface area (Å²) in [6.07, 6.45) is 4.09. The van der Waals surface area contributed by atoms with E-state index in [-0.39, 0.29) is 24.5 Å². The number of benzene rings is 2. The summed E-state index contributed by atoms with van der Waals surface area (Å²) in [6, 6.07) is 20.5. The molecule has 1 heterocycles. The molecule has 0 radical (unpaired) electrons. The fraction of sp³-hybridized carbons (Fsp3) is 0.192. The zero-order valence-electron chi connectivity index (χ0n) is 17.0. The van der Waals surface area contributed by atoms with Gasteiger partial charge in [0.05, 0.1) is 0 Å². The van der Waals surface area contributed by atoms with Crippen LogP contribution in [-0.4, -0.2) is 16.7 Å². The monoisotopic (exact) mass is 396 g/mol.